The van der Waals surface area contributed by atoms with E-state index in [2.05, 4.69) is 16.7 Å². The molecule has 0 amide bonds. The summed E-state index contributed by atoms with van der Waals surface area (Å²) in [6.45, 7) is 4.07. The van der Waals surface area contributed by atoms with E-state index in [9.17, 15) is 4.79 Å². The number of rotatable bonds is 7. The molecule has 4 rings (SSSR count). The van der Waals surface area contributed by atoms with Gasteiger partial charge in [-0.2, -0.15) is 9.50 Å². The Labute approximate surface area is 176 Å². The van der Waals surface area contributed by atoms with Crippen molar-refractivity contribution in [1.82, 2.24) is 14.6 Å². The Morgan fingerprint density at radius 1 is 1.10 bits per heavy atom. The minimum Gasteiger partial charge on any atom is -0.493 e. The number of fused-ring (bicyclic) bond motifs is 1. The highest BCUT2D eigenvalue weighted by molar-refractivity contribution is 7.15. The third-order valence-corrected chi connectivity index (χ3v) is 5.33. The van der Waals surface area contributed by atoms with Crippen LogP contribution in [0.5, 0.6) is 17.2 Å². The zero-order chi connectivity index (χ0) is 21.1. The second-order valence-corrected chi connectivity index (χ2v) is 7.29. The molecule has 2 aromatic heterocycles. The fraction of sp³-hybridized carbons (Fsp3) is 0.136. The summed E-state index contributed by atoms with van der Waals surface area (Å²) in [5.74, 6) is 2.45. The van der Waals surface area contributed by atoms with E-state index in [1.54, 1.807) is 32.4 Å². The molecule has 4 aromatic rings. The highest BCUT2D eigenvalue weighted by Gasteiger charge is 2.12. The summed E-state index contributed by atoms with van der Waals surface area (Å²) in [5.41, 5.74) is 1.42. The van der Waals surface area contributed by atoms with Crippen molar-refractivity contribution < 1.29 is 14.2 Å². The van der Waals surface area contributed by atoms with E-state index in [-0.39, 0.29) is 5.56 Å². The molecule has 0 aliphatic carbocycles. The number of aromatic nitrogens is 3. The van der Waals surface area contributed by atoms with Crippen molar-refractivity contribution in [3.05, 3.63) is 75.6 Å². The van der Waals surface area contributed by atoms with Gasteiger partial charge in [-0.3, -0.25) is 4.79 Å². The van der Waals surface area contributed by atoms with Crippen LogP contribution in [-0.4, -0.2) is 35.4 Å². The van der Waals surface area contributed by atoms with Crippen LogP contribution in [0.15, 0.2) is 59.9 Å². The van der Waals surface area contributed by atoms with E-state index < -0.39 is 0 Å². The molecule has 0 unspecified atom stereocenters. The molecular formula is C22H19N3O4S. The van der Waals surface area contributed by atoms with Crippen molar-refractivity contribution in [3.8, 4) is 28.6 Å². The summed E-state index contributed by atoms with van der Waals surface area (Å²) in [6.07, 6.45) is 3.47. The van der Waals surface area contributed by atoms with Gasteiger partial charge in [0.1, 0.15) is 12.4 Å². The topological polar surface area (TPSA) is 75.0 Å². The van der Waals surface area contributed by atoms with E-state index in [1.807, 2.05) is 36.4 Å². The first-order valence-electron chi connectivity index (χ1n) is 9.10. The standard InChI is InChI=1S/C22H19N3O4S/c1-4-11-29-16-8-6-15(7-9-16)20-23-22-25(24-20)21(26)19(30-22)13-14-5-10-17(27-2)18(12-14)28-3/h4-10,12-13H,1,11H2,2-3H3/b19-13+. The lowest BCUT2D eigenvalue weighted by molar-refractivity contribution is 0.355. The van der Waals surface area contributed by atoms with Gasteiger partial charge in [-0.1, -0.05) is 30.1 Å². The van der Waals surface area contributed by atoms with Crippen LogP contribution >= 0.6 is 11.3 Å². The fourth-order valence-corrected chi connectivity index (χ4v) is 3.81. The molecule has 0 aliphatic rings. The second kappa shape index (κ2) is 8.38. The van der Waals surface area contributed by atoms with Gasteiger partial charge < -0.3 is 14.2 Å². The van der Waals surface area contributed by atoms with Crippen LogP contribution in [0, 0.1) is 0 Å². The quantitative estimate of drug-likeness (QED) is 0.427. The molecule has 2 aromatic carbocycles. The maximum atomic E-state index is 12.8. The van der Waals surface area contributed by atoms with Crippen LogP contribution < -0.4 is 24.3 Å². The highest BCUT2D eigenvalue weighted by atomic mass is 32.1. The molecule has 0 N–H and O–H groups in total. The molecule has 0 spiro atoms. The molecular weight excluding hydrogens is 402 g/mol. The van der Waals surface area contributed by atoms with Crippen LogP contribution in [0.2, 0.25) is 0 Å². The average molecular weight is 421 g/mol. The number of nitrogens with zero attached hydrogens (tertiary/aromatic N) is 3. The van der Waals surface area contributed by atoms with E-state index in [0.717, 1.165) is 16.9 Å². The highest BCUT2D eigenvalue weighted by Crippen LogP contribution is 2.27. The summed E-state index contributed by atoms with van der Waals surface area (Å²) in [4.78, 5) is 17.8. The van der Waals surface area contributed by atoms with Crippen molar-refractivity contribution in [2.24, 2.45) is 0 Å². The van der Waals surface area contributed by atoms with Gasteiger partial charge in [0.05, 0.1) is 18.8 Å². The molecule has 0 atom stereocenters. The summed E-state index contributed by atoms with van der Waals surface area (Å²) >= 11 is 1.29. The van der Waals surface area contributed by atoms with Crippen LogP contribution in [0.3, 0.4) is 0 Å². The van der Waals surface area contributed by atoms with Gasteiger partial charge in [0.15, 0.2) is 17.3 Å². The predicted molar refractivity (Wildman–Crippen MR) is 117 cm³/mol. The van der Waals surface area contributed by atoms with Crippen LogP contribution in [0.1, 0.15) is 5.56 Å². The second-order valence-electron chi connectivity index (χ2n) is 6.28. The van der Waals surface area contributed by atoms with Crippen molar-refractivity contribution in [1.29, 1.82) is 0 Å². The van der Waals surface area contributed by atoms with Gasteiger partial charge in [-0.05, 0) is 48.0 Å². The molecule has 0 fully saturated rings. The molecule has 0 saturated carbocycles. The van der Waals surface area contributed by atoms with Gasteiger partial charge in [0.25, 0.3) is 5.56 Å². The molecule has 0 aliphatic heterocycles. The lowest BCUT2D eigenvalue weighted by Gasteiger charge is -2.07. The molecule has 152 valence electrons. The minimum absolute atomic E-state index is 0.213. The van der Waals surface area contributed by atoms with Crippen LogP contribution in [0.4, 0.5) is 0 Å². The Morgan fingerprint density at radius 2 is 1.87 bits per heavy atom. The van der Waals surface area contributed by atoms with Crippen molar-refractivity contribution in [2.75, 3.05) is 20.8 Å². The molecule has 0 radical (unpaired) electrons. The maximum absolute atomic E-state index is 12.8. The number of hydrogen-bond acceptors (Lipinski definition) is 7. The molecule has 8 heteroatoms. The normalized spacial score (nSPS) is 11.6. The van der Waals surface area contributed by atoms with E-state index in [4.69, 9.17) is 14.2 Å². The monoisotopic (exact) mass is 421 g/mol. The van der Waals surface area contributed by atoms with Crippen molar-refractivity contribution in [3.63, 3.8) is 0 Å². The van der Waals surface area contributed by atoms with Crippen LogP contribution in [0.25, 0.3) is 22.4 Å². The molecule has 2 heterocycles. The third-order valence-electron chi connectivity index (χ3n) is 4.37. The smallest absolute Gasteiger partial charge is 0.291 e. The Bertz CT molecular complexity index is 1310. The summed E-state index contributed by atoms with van der Waals surface area (Å²) in [6, 6.07) is 12.9. The van der Waals surface area contributed by atoms with Gasteiger partial charge >= 0.3 is 0 Å². The first-order valence-corrected chi connectivity index (χ1v) is 9.92. The summed E-state index contributed by atoms with van der Waals surface area (Å²) < 4.78 is 17.9. The predicted octanol–water partition coefficient (Wildman–Crippen LogP) is 2.95. The number of ether oxygens (including phenoxy) is 3. The van der Waals surface area contributed by atoms with Gasteiger partial charge in [0, 0.05) is 5.56 Å². The summed E-state index contributed by atoms with van der Waals surface area (Å²) in [5, 5.41) is 4.38. The lowest BCUT2D eigenvalue weighted by Crippen LogP contribution is -2.23. The number of thiazole rings is 1. The molecule has 7 nitrogen and oxygen atoms in total. The van der Waals surface area contributed by atoms with Gasteiger partial charge in [-0.25, -0.2) is 0 Å². The Balaban J connectivity index is 1.66. The maximum Gasteiger partial charge on any atom is 0.291 e. The fourth-order valence-electron chi connectivity index (χ4n) is 2.91. The molecule has 0 bridgehead atoms. The van der Waals surface area contributed by atoms with E-state index in [0.29, 0.717) is 33.4 Å². The third kappa shape index (κ3) is 3.77. The Morgan fingerprint density at radius 3 is 2.53 bits per heavy atom. The van der Waals surface area contributed by atoms with Crippen LogP contribution in [-0.2, 0) is 0 Å². The minimum atomic E-state index is -0.213. The number of methoxy groups -OCH3 is 2. The largest absolute Gasteiger partial charge is 0.493 e. The van der Waals surface area contributed by atoms with Crippen molar-refractivity contribution in [2.45, 2.75) is 0 Å². The zero-order valence-electron chi connectivity index (χ0n) is 16.5. The Kier molecular flexibility index (Phi) is 5.49. The Hall–Kier alpha value is -3.65. The van der Waals surface area contributed by atoms with Crippen molar-refractivity contribution >= 4 is 22.4 Å². The molecule has 30 heavy (non-hydrogen) atoms. The van der Waals surface area contributed by atoms with Gasteiger partial charge in [-0.15, -0.1) is 5.10 Å². The summed E-state index contributed by atoms with van der Waals surface area (Å²) in [7, 11) is 3.15. The average Bonchev–Trinajstić information content (AvgIpc) is 3.32. The number of benzene rings is 2. The SMILES string of the molecule is C=CCOc1ccc(-c2nc3s/c(=C/c4ccc(OC)c(OC)c4)c(=O)n3n2)cc1. The van der Waals surface area contributed by atoms with Gasteiger partial charge in [0.2, 0.25) is 4.96 Å². The zero-order valence-corrected chi connectivity index (χ0v) is 17.3. The van der Waals surface area contributed by atoms with E-state index >= 15 is 0 Å². The first kappa shape index (κ1) is 19.7. The van der Waals surface area contributed by atoms with E-state index in [1.165, 1.54) is 15.9 Å². The molecule has 0 saturated heterocycles. The lowest BCUT2D eigenvalue weighted by atomic mass is 10.2. The first-order chi connectivity index (χ1) is 14.6. The number of hydrogen-bond donors (Lipinski definition) is 0.